The first-order chi connectivity index (χ1) is 7.13. The second kappa shape index (κ2) is 8.53. The fourth-order valence-corrected chi connectivity index (χ4v) is 1.49. The number of methoxy groups -OCH3 is 1. The third kappa shape index (κ3) is 7.19. The lowest BCUT2D eigenvalue weighted by molar-refractivity contribution is 0.166. The Bertz CT molecular complexity index is 170. The summed E-state index contributed by atoms with van der Waals surface area (Å²) in [7, 11) is 1.39. The minimum absolute atomic E-state index is 0.188. The molecule has 1 N–H and O–H groups in total. The number of hydrogen-bond donors (Lipinski definition) is 1. The van der Waals surface area contributed by atoms with Gasteiger partial charge in [-0.3, -0.25) is 0 Å². The van der Waals surface area contributed by atoms with Gasteiger partial charge in [0.15, 0.2) is 0 Å². The number of nitrogens with zero attached hydrogens (tertiary/aromatic N) is 1. The zero-order valence-electron chi connectivity index (χ0n) is 10.4. The molecule has 0 aromatic heterocycles. The van der Waals surface area contributed by atoms with Crippen LogP contribution in [0.1, 0.15) is 33.6 Å². The van der Waals surface area contributed by atoms with Gasteiger partial charge in [-0.15, -0.1) is 0 Å². The monoisotopic (exact) mass is 216 g/mol. The zero-order valence-corrected chi connectivity index (χ0v) is 10.4. The van der Waals surface area contributed by atoms with E-state index in [4.69, 9.17) is 0 Å². The predicted octanol–water partition coefficient (Wildman–Crippen LogP) is 1.85. The normalized spacial score (nSPS) is 12.6. The molecule has 0 aromatic carbocycles. The van der Waals surface area contributed by atoms with E-state index in [-0.39, 0.29) is 12.1 Å². The molecule has 0 fully saturated rings. The molecule has 0 rings (SSSR count). The Hall–Kier alpha value is -0.770. The van der Waals surface area contributed by atoms with E-state index in [9.17, 15) is 4.79 Å². The number of rotatable bonds is 7. The van der Waals surface area contributed by atoms with E-state index in [1.807, 2.05) is 6.92 Å². The molecule has 0 aromatic rings. The molecule has 0 aliphatic carbocycles. The maximum atomic E-state index is 10.9. The molecule has 1 atom stereocenters. The van der Waals surface area contributed by atoms with Crippen LogP contribution in [0.4, 0.5) is 4.79 Å². The highest BCUT2D eigenvalue weighted by molar-refractivity contribution is 5.67. The Labute approximate surface area is 93.0 Å². The molecule has 0 bridgehead atoms. The summed E-state index contributed by atoms with van der Waals surface area (Å²) < 4.78 is 4.53. The quantitative estimate of drug-likeness (QED) is 0.706. The average Bonchev–Trinajstić information content (AvgIpc) is 2.24. The van der Waals surface area contributed by atoms with Gasteiger partial charge in [-0.05, 0) is 39.4 Å². The molecule has 4 heteroatoms. The Morgan fingerprint density at radius 2 is 2.00 bits per heavy atom. The van der Waals surface area contributed by atoms with Crippen molar-refractivity contribution >= 4 is 6.09 Å². The molecule has 4 nitrogen and oxygen atoms in total. The SMILES string of the molecule is CCN(CC)CCCC(C)NC(=O)OC. The summed E-state index contributed by atoms with van der Waals surface area (Å²) in [6.07, 6.45) is 1.75. The first-order valence-corrected chi connectivity index (χ1v) is 5.70. The van der Waals surface area contributed by atoms with E-state index in [1.165, 1.54) is 7.11 Å². The van der Waals surface area contributed by atoms with Crippen LogP contribution in [0.25, 0.3) is 0 Å². The van der Waals surface area contributed by atoms with Crippen molar-refractivity contribution in [1.82, 2.24) is 10.2 Å². The van der Waals surface area contributed by atoms with E-state index >= 15 is 0 Å². The van der Waals surface area contributed by atoms with Crippen LogP contribution in [0.15, 0.2) is 0 Å². The van der Waals surface area contributed by atoms with Crippen molar-refractivity contribution in [2.75, 3.05) is 26.7 Å². The zero-order chi connectivity index (χ0) is 11.7. The highest BCUT2D eigenvalue weighted by Crippen LogP contribution is 1.99. The van der Waals surface area contributed by atoms with E-state index in [0.717, 1.165) is 32.5 Å². The highest BCUT2D eigenvalue weighted by atomic mass is 16.5. The van der Waals surface area contributed by atoms with E-state index in [2.05, 4.69) is 28.8 Å². The molecular formula is C11H24N2O2. The number of carbonyl (C=O) groups is 1. The fraction of sp³-hybridized carbons (Fsp3) is 0.909. The number of ether oxygens (including phenoxy) is 1. The maximum Gasteiger partial charge on any atom is 0.407 e. The predicted molar refractivity (Wildman–Crippen MR) is 62.0 cm³/mol. The first-order valence-electron chi connectivity index (χ1n) is 5.70. The summed E-state index contributed by atoms with van der Waals surface area (Å²) in [5, 5.41) is 2.76. The second-order valence-electron chi connectivity index (χ2n) is 3.71. The van der Waals surface area contributed by atoms with Crippen LogP contribution < -0.4 is 5.32 Å². The minimum atomic E-state index is -0.342. The summed E-state index contributed by atoms with van der Waals surface area (Å²) in [5.41, 5.74) is 0. The standard InChI is InChI=1S/C11H24N2O2/c1-5-13(6-2)9-7-8-10(3)12-11(14)15-4/h10H,5-9H2,1-4H3,(H,12,14). The largest absolute Gasteiger partial charge is 0.453 e. The molecule has 0 aliphatic rings. The maximum absolute atomic E-state index is 10.9. The molecule has 0 saturated carbocycles. The van der Waals surface area contributed by atoms with E-state index in [0.29, 0.717) is 0 Å². The summed E-state index contributed by atoms with van der Waals surface area (Å²) in [4.78, 5) is 13.3. The van der Waals surface area contributed by atoms with Crippen LogP contribution in [0.3, 0.4) is 0 Å². The van der Waals surface area contributed by atoms with Gasteiger partial charge in [0.25, 0.3) is 0 Å². The smallest absolute Gasteiger partial charge is 0.407 e. The Morgan fingerprint density at radius 1 is 1.40 bits per heavy atom. The van der Waals surface area contributed by atoms with Gasteiger partial charge in [0.2, 0.25) is 0 Å². The molecule has 0 aliphatic heterocycles. The van der Waals surface area contributed by atoms with Gasteiger partial charge in [0, 0.05) is 6.04 Å². The van der Waals surface area contributed by atoms with Crippen LogP contribution in [-0.2, 0) is 4.74 Å². The first kappa shape index (κ1) is 14.2. The third-order valence-electron chi connectivity index (χ3n) is 2.56. The van der Waals surface area contributed by atoms with Crippen LogP contribution in [0.5, 0.6) is 0 Å². The molecule has 90 valence electrons. The van der Waals surface area contributed by atoms with E-state index < -0.39 is 0 Å². The Kier molecular flexibility index (Phi) is 8.09. The number of carbonyl (C=O) groups excluding carboxylic acids is 1. The van der Waals surface area contributed by atoms with E-state index in [1.54, 1.807) is 0 Å². The van der Waals surface area contributed by atoms with Gasteiger partial charge in [-0.25, -0.2) is 4.79 Å². The number of hydrogen-bond acceptors (Lipinski definition) is 3. The van der Waals surface area contributed by atoms with Gasteiger partial charge >= 0.3 is 6.09 Å². The number of amides is 1. The summed E-state index contributed by atoms with van der Waals surface area (Å²) in [6, 6.07) is 0.188. The Morgan fingerprint density at radius 3 is 2.47 bits per heavy atom. The van der Waals surface area contributed by atoms with Crippen molar-refractivity contribution in [2.45, 2.75) is 39.7 Å². The molecule has 1 amide bonds. The second-order valence-corrected chi connectivity index (χ2v) is 3.71. The minimum Gasteiger partial charge on any atom is -0.453 e. The molecule has 1 unspecified atom stereocenters. The highest BCUT2D eigenvalue weighted by Gasteiger charge is 2.07. The van der Waals surface area contributed by atoms with Gasteiger partial charge in [0.1, 0.15) is 0 Å². The lowest BCUT2D eigenvalue weighted by Gasteiger charge is -2.19. The fourth-order valence-electron chi connectivity index (χ4n) is 1.49. The summed E-state index contributed by atoms with van der Waals surface area (Å²) in [5.74, 6) is 0. The van der Waals surface area contributed by atoms with Crippen molar-refractivity contribution in [1.29, 1.82) is 0 Å². The summed E-state index contributed by atoms with van der Waals surface area (Å²) >= 11 is 0. The van der Waals surface area contributed by atoms with Crippen molar-refractivity contribution < 1.29 is 9.53 Å². The van der Waals surface area contributed by atoms with Crippen LogP contribution >= 0.6 is 0 Å². The van der Waals surface area contributed by atoms with Crippen molar-refractivity contribution in [2.24, 2.45) is 0 Å². The lowest BCUT2D eigenvalue weighted by atomic mass is 10.2. The number of nitrogens with one attached hydrogen (secondary N) is 1. The van der Waals surface area contributed by atoms with Crippen LogP contribution in [0, 0.1) is 0 Å². The third-order valence-corrected chi connectivity index (χ3v) is 2.56. The van der Waals surface area contributed by atoms with Crippen LogP contribution in [-0.4, -0.2) is 43.8 Å². The molecule has 15 heavy (non-hydrogen) atoms. The van der Waals surface area contributed by atoms with Crippen molar-refractivity contribution in [3.8, 4) is 0 Å². The van der Waals surface area contributed by atoms with Gasteiger partial charge in [0.05, 0.1) is 7.11 Å². The van der Waals surface area contributed by atoms with Crippen molar-refractivity contribution in [3.05, 3.63) is 0 Å². The van der Waals surface area contributed by atoms with Gasteiger partial charge in [-0.1, -0.05) is 13.8 Å². The summed E-state index contributed by atoms with van der Waals surface area (Å²) in [6.45, 7) is 9.61. The van der Waals surface area contributed by atoms with Crippen LogP contribution in [0.2, 0.25) is 0 Å². The molecule has 0 saturated heterocycles. The molecule has 0 heterocycles. The lowest BCUT2D eigenvalue weighted by Crippen LogP contribution is -2.33. The van der Waals surface area contributed by atoms with Crippen molar-refractivity contribution in [3.63, 3.8) is 0 Å². The number of alkyl carbamates (subject to hydrolysis) is 1. The topological polar surface area (TPSA) is 41.6 Å². The average molecular weight is 216 g/mol. The van der Waals surface area contributed by atoms with Gasteiger partial charge < -0.3 is 15.0 Å². The Balaban J connectivity index is 3.53. The van der Waals surface area contributed by atoms with Gasteiger partial charge in [-0.2, -0.15) is 0 Å². The molecule has 0 radical (unpaired) electrons. The molecule has 0 spiro atoms. The molecular weight excluding hydrogens is 192 g/mol.